The van der Waals surface area contributed by atoms with Crippen LogP contribution < -0.4 is 15.8 Å². The second-order valence-electron chi connectivity index (χ2n) is 5.42. The van der Waals surface area contributed by atoms with Crippen molar-refractivity contribution < 1.29 is 9.69 Å². The largest absolute Gasteiger partial charge is 0.349 e. The summed E-state index contributed by atoms with van der Waals surface area (Å²) < 4.78 is 1.57. The zero-order valence-corrected chi connectivity index (χ0v) is 14.3. The summed E-state index contributed by atoms with van der Waals surface area (Å²) >= 11 is 5.20. The van der Waals surface area contributed by atoms with E-state index in [9.17, 15) is 9.59 Å². The topological polar surface area (TPSA) is 71.3 Å². The summed E-state index contributed by atoms with van der Waals surface area (Å²) in [6, 6.07) is 7.14. The molecule has 0 atom stereocenters. The fourth-order valence-electron chi connectivity index (χ4n) is 2.52. The summed E-state index contributed by atoms with van der Waals surface area (Å²) in [7, 11) is 0. The summed E-state index contributed by atoms with van der Waals surface area (Å²) in [5.74, 6) is -0.201. The Labute approximate surface area is 140 Å². The Morgan fingerprint density at radius 1 is 1.30 bits per heavy atom. The number of carbonyl (C=O) groups is 1. The number of amides is 1. The van der Waals surface area contributed by atoms with E-state index in [2.05, 4.69) is 24.1 Å². The molecule has 124 valence electrons. The van der Waals surface area contributed by atoms with Crippen molar-refractivity contribution in [1.29, 1.82) is 0 Å². The van der Waals surface area contributed by atoms with Crippen molar-refractivity contribution in [2.24, 2.45) is 0 Å². The van der Waals surface area contributed by atoms with Gasteiger partial charge in [-0.25, -0.2) is 0 Å². The number of nitrogens with zero attached hydrogens (tertiary/aromatic N) is 1. The van der Waals surface area contributed by atoms with Gasteiger partial charge in [-0.15, -0.1) is 0 Å². The van der Waals surface area contributed by atoms with Crippen LogP contribution in [0.2, 0.25) is 0 Å². The number of likely N-dealkylation sites (N-methyl/N-ethyl adjacent to an activating group) is 1. The first-order valence-corrected chi connectivity index (χ1v) is 8.29. The Bertz CT molecular complexity index is 793. The maximum Gasteiger partial charge on any atom is 0.262 e. The Kier molecular flexibility index (Phi) is 6.06. The summed E-state index contributed by atoms with van der Waals surface area (Å²) in [5.41, 5.74) is 0.443. The lowest BCUT2D eigenvalue weighted by Crippen LogP contribution is -3.12. The first kappa shape index (κ1) is 17.4. The van der Waals surface area contributed by atoms with Crippen LogP contribution in [-0.4, -0.2) is 41.6 Å². The number of para-hydroxylation sites is 1. The third kappa shape index (κ3) is 4.27. The van der Waals surface area contributed by atoms with Crippen molar-refractivity contribution in [3.05, 3.63) is 39.4 Å². The molecule has 1 heterocycles. The number of nitrogens with one attached hydrogen (secondary N) is 3. The molecule has 2 rings (SSSR count). The summed E-state index contributed by atoms with van der Waals surface area (Å²) in [6.07, 6.45) is 0. The zero-order chi connectivity index (χ0) is 16.8. The van der Waals surface area contributed by atoms with Gasteiger partial charge in [0.15, 0.2) is 4.77 Å². The van der Waals surface area contributed by atoms with E-state index in [4.69, 9.17) is 12.2 Å². The van der Waals surface area contributed by atoms with Crippen LogP contribution in [-0.2, 0) is 11.3 Å². The molecule has 0 saturated heterocycles. The third-order valence-electron chi connectivity index (χ3n) is 3.99. The van der Waals surface area contributed by atoms with Crippen LogP contribution in [0.25, 0.3) is 10.9 Å². The van der Waals surface area contributed by atoms with Crippen molar-refractivity contribution in [3.8, 4) is 0 Å². The highest BCUT2D eigenvalue weighted by Crippen LogP contribution is 2.05. The molecule has 0 aliphatic rings. The van der Waals surface area contributed by atoms with Crippen LogP contribution in [0.15, 0.2) is 29.1 Å². The first-order chi connectivity index (χ1) is 11.1. The second kappa shape index (κ2) is 8.03. The Morgan fingerprint density at radius 3 is 2.70 bits per heavy atom. The molecule has 0 bridgehead atoms. The van der Waals surface area contributed by atoms with Crippen LogP contribution in [0.1, 0.15) is 13.8 Å². The number of hydrogen-bond acceptors (Lipinski definition) is 3. The SMILES string of the molecule is CC[NH+](CC)CCNC(=O)Cn1c(=S)[nH]c2ccccc2c1=O. The minimum absolute atomic E-state index is 0.0629. The molecule has 23 heavy (non-hydrogen) atoms. The number of aromatic amines is 1. The highest BCUT2D eigenvalue weighted by Gasteiger charge is 2.10. The number of rotatable bonds is 7. The molecule has 0 aliphatic heterocycles. The lowest BCUT2D eigenvalue weighted by Gasteiger charge is -2.15. The first-order valence-electron chi connectivity index (χ1n) is 7.89. The second-order valence-corrected chi connectivity index (χ2v) is 5.81. The van der Waals surface area contributed by atoms with E-state index in [0.717, 1.165) is 19.6 Å². The molecule has 6 nitrogen and oxygen atoms in total. The standard InChI is InChI=1S/C16H22N4O2S/c1-3-19(4-2)10-9-17-14(21)11-20-15(22)12-7-5-6-8-13(12)18-16(20)23/h5-8H,3-4,9-11H2,1-2H3,(H,17,21)(H,18,23)/p+1. The van der Waals surface area contributed by atoms with Gasteiger partial charge in [0.05, 0.1) is 37.1 Å². The van der Waals surface area contributed by atoms with E-state index in [1.807, 2.05) is 6.07 Å². The van der Waals surface area contributed by atoms with Crippen molar-refractivity contribution in [1.82, 2.24) is 14.9 Å². The highest BCUT2D eigenvalue weighted by atomic mass is 32.1. The maximum atomic E-state index is 12.5. The monoisotopic (exact) mass is 335 g/mol. The molecule has 1 amide bonds. The Morgan fingerprint density at radius 2 is 2.00 bits per heavy atom. The van der Waals surface area contributed by atoms with E-state index >= 15 is 0 Å². The summed E-state index contributed by atoms with van der Waals surface area (Å²) in [5, 5.41) is 3.38. The molecule has 0 aliphatic carbocycles. The zero-order valence-electron chi connectivity index (χ0n) is 13.5. The van der Waals surface area contributed by atoms with Crippen LogP contribution >= 0.6 is 12.2 Å². The van der Waals surface area contributed by atoms with E-state index in [1.165, 1.54) is 9.47 Å². The normalized spacial score (nSPS) is 11.1. The van der Waals surface area contributed by atoms with Gasteiger partial charge in [-0.2, -0.15) is 0 Å². The van der Waals surface area contributed by atoms with Gasteiger partial charge in [0.2, 0.25) is 5.91 Å². The average Bonchev–Trinajstić information content (AvgIpc) is 2.55. The molecule has 7 heteroatoms. The molecular formula is C16H23N4O2S+. The Balaban J connectivity index is 2.08. The molecule has 1 aromatic carbocycles. The molecule has 2 aromatic rings. The van der Waals surface area contributed by atoms with E-state index < -0.39 is 0 Å². The van der Waals surface area contributed by atoms with E-state index in [1.54, 1.807) is 18.2 Å². The van der Waals surface area contributed by atoms with Gasteiger partial charge < -0.3 is 15.2 Å². The van der Waals surface area contributed by atoms with Crippen molar-refractivity contribution in [3.63, 3.8) is 0 Å². The van der Waals surface area contributed by atoms with Crippen LogP contribution in [0.4, 0.5) is 0 Å². The number of carbonyl (C=O) groups excluding carboxylic acids is 1. The molecule has 0 spiro atoms. The van der Waals surface area contributed by atoms with Gasteiger partial charge in [-0.1, -0.05) is 12.1 Å². The van der Waals surface area contributed by atoms with Crippen LogP contribution in [0, 0.1) is 4.77 Å². The van der Waals surface area contributed by atoms with E-state index in [0.29, 0.717) is 17.4 Å². The van der Waals surface area contributed by atoms with Gasteiger partial charge in [-0.3, -0.25) is 14.2 Å². The van der Waals surface area contributed by atoms with Crippen molar-refractivity contribution in [2.75, 3.05) is 26.2 Å². The number of benzene rings is 1. The maximum absolute atomic E-state index is 12.5. The number of quaternary nitrogens is 1. The molecule has 3 N–H and O–H groups in total. The molecular weight excluding hydrogens is 312 g/mol. The molecule has 0 fully saturated rings. The lowest BCUT2D eigenvalue weighted by atomic mass is 10.2. The molecule has 0 unspecified atom stereocenters. The molecule has 0 saturated carbocycles. The third-order valence-corrected chi connectivity index (χ3v) is 4.31. The predicted molar refractivity (Wildman–Crippen MR) is 93.3 cm³/mol. The average molecular weight is 335 g/mol. The van der Waals surface area contributed by atoms with E-state index in [-0.39, 0.29) is 22.8 Å². The van der Waals surface area contributed by atoms with Crippen LogP contribution in [0.5, 0.6) is 0 Å². The van der Waals surface area contributed by atoms with Gasteiger partial charge in [0, 0.05) is 0 Å². The molecule has 0 radical (unpaired) electrons. The lowest BCUT2D eigenvalue weighted by molar-refractivity contribution is -0.895. The fourth-order valence-corrected chi connectivity index (χ4v) is 2.78. The smallest absolute Gasteiger partial charge is 0.262 e. The van der Waals surface area contributed by atoms with Gasteiger partial charge in [0.1, 0.15) is 6.54 Å². The predicted octanol–water partition coefficient (Wildman–Crippen LogP) is 0.1000. The summed E-state index contributed by atoms with van der Waals surface area (Å²) in [4.78, 5) is 28.9. The van der Waals surface area contributed by atoms with Gasteiger partial charge in [-0.05, 0) is 38.2 Å². The summed E-state index contributed by atoms with van der Waals surface area (Å²) in [6.45, 7) is 7.70. The number of H-pyrrole nitrogens is 1. The van der Waals surface area contributed by atoms with Gasteiger partial charge >= 0.3 is 0 Å². The Hall–Kier alpha value is -1.99. The minimum Gasteiger partial charge on any atom is -0.349 e. The van der Waals surface area contributed by atoms with Gasteiger partial charge in [0.25, 0.3) is 5.56 Å². The fraction of sp³-hybridized carbons (Fsp3) is 0.438. The quantitative estimate of drug-likeness (QED) is 0.629. The number of hydrogen-bond donors (Lipinski definition) is 3. The van der Waals surface area contributed by atoms with Crippen LogP contribution in [0.3, 0.4) is 0 Å². The van der Waals surface area contributed by atoms with Crippen molar-refractivity contribution >= 4 is 29.0 Å². The number of fused-ring (bicyclic) bond motifs is 1. The molecule has 1 aromatic heterocycles. The van der Waals surface area contributed by atoms with Crippen molar-refractivity contribution in [2.45, 2.75) is 20.4 Å². The number of aromatic nitrogens is 2. The minimum atomic E-state index is -0.242. The highest BCUT2D eigenvalue weighted by molar-refractivity contribution is 7.71.